The van der Waals surface area contributed by atoms with E-state index in [1.807, 2.05) is 0 Å². The Labute approximate surface area is 110 Å². The predicted octanol–water partition coefficient (Wildman–Crippen LogP) is 2.63. The van der Waals surface area contributed by atoms with Gasteiger partial charge >= 0.3 is 0 Å². The smallest absolute Gasteiger partial charge is 0.218 e. The summed E-state index contributed by atoms with van der Waals surface area (Å²) in [5.41, 5.74) is -0.344. The van der Waals surface area contributed by atoms with Gasteiger partial charge in [0, 0.05) is 12.3 Å². The highest BCUT2D eigenvalue weighted by molar-refractivity contribution is 9.10. The molecular formula is C12H7BrFNO3. The van der Waals surface area contributed by atoms with Gasteiger partial charge in [0.05, 0.1) is 10.0 Å². The molecule has 0 aliphatic carbocycles. The molecule has 2 rings (SSSR count). The number of pyridine rings is 1. The molecule has 0 radical (unpaired) electrons. The van der Waals surface area contributed by atoms with Crippen LogP contribution < -0.4 is 0 Å². The molecule has 0 spiro atoms. The maximum Gasteiger partial charge on any atom is 0.218 e. The molecule has 6 heteroatoms. The lowest BCUT2D eigenvalue weighted by Crippen LogP contribution is -2.05. The van der Waals surface area contributed by atoms with Crippen molar-refractivity contribution in [1.29, 1.82) is 0 Å². The summed E-state index contributed by atoms with van der Waals surface area (Å²) < 4.78 is 13.2. The van der Waals surface area contributed by atoms with Crippen LogP contribution in [-0.4, -0.2) is 21.0 Å². The minimum atomic E-state index is -0.689. The van der Waals surface area contributed by atoms with Crippen LogP contribution in [0.15, 0.2) is 34.9 Å². The number of ketones is 1. The van der Waals surface area contributed by atoms with E-state index in [9.17, 15) is 19.4 Å². The molecule has 0 aliphatic rings. The zero-order valence-corrected chi connectivity index (χ0v) is 10.5. The predicted molar refractivity (Wildman–Crippen MR) is 65.1 cm³/mol. The molecule has 4 nitrogen and oxygen atoms in total. The van der Waals surface area contributed by atoms with Crippen molar-refractivity contribution in [2.45, 2.75) is 0 Å². The average Bonchev–Trinajstić information content (AvgIpc) is 2.33. The van der Waals surface area contributed by atoms with Gasteiger partial charge < -0.3 is 10.2 Å². The SMILES string of the molecule is O=C(c1cc(Br)c(F)cc1O)c1ncccc1O. The highest BCUT2D eigenvalue weighted by Crippen LogP contribution is 2.28. The molecule has 1 heterocycles. The van der Waals surface area contributed by atoms with Gasteiger partial charge in [-0.2, -0.15) is 0 Å². The molecule has 0 saturated heterocycles. The standard InChI is InChI=1S/C12H7BrFNO3/c13-7-4-6(10(17)5-8(7)14)12(18)11-9(16)2-1-3-15-11/h1-5,16-17H. The van der Waals surface area contributed by atoms with E-state index < -0.39 is 17.3 Å². The maximum absolute atomic E-state index is 13.1. The van der Waals surface area contributed by atoms with Crippen LogP contribution in [0.1, 0.15) is 16.1 Å². The molecule has 18 heavy (non-hydrogen) atoms. The second-order valence-electron chi connectivity index (χ2n) is 3.48. The van der Waals surface area contributed by atoms with E-state index >= 15 is 0 Å². The normalized spacial score (nSPS) is 10.3. The lowest BCUT2D eigenvalue weighted by atomic mass is 10.1. The maximum atomic E-state index is 13.1. The first-order chi connectivity index (χ1) is 8.50. The first-order valence-corrected chi connectivity index (χ1v) is 5.66. The van der Waals surface area contributed by atoms with Crippen LogP contribution in [0.2, 0.25) is 0 Å². The van der Waals surface area contributed by atoms with Crippen LogP contribution in [0.5, 0.6) is 11.5 Å². The summed E-state index contributed by atoms with van der Waals surface area (Å²) in [6.45, 7) is 0. The van der Waals surface area contributed by atoms with Crippen molar-refractivity contribution in [2.24, 2.45) is 0 Å². The minimum absolute atomic E-state index is 0.0408. The summed E-state index contributed by atoms with van der Waals surface area (Å²) in [6, 6.07) is 4.72. The molecule has 2 aromatic rings. The number of nitrogens with zero attached hydrogens (tertiary/aromatic N) is 1. The van der Waals surface area contributed by atoms with Crippen molar-refractivity contribution < 1.29 is 19.4 Å². The molecule has 1 aromatic heterocycles. The van der Waals surface area contributed by atoms with Crippen LogP contribution in [0.3, 0.4) is 0 Å². The molecular weight excluding hydrogens is 305 g/mol. The topological polar surface area (TPSA) is 70.4 Å². The molecule has 0 unspecified atom stereocenters. The summed E-state index contributed by atoms with van der Waals surface area (Å²) >= 11 is 2.92. The fraction of sp³-hybridized carbons (Fsp3) is 0. The van der Waals surface area contributed by atoms with E-state index in [0.717, 1.165) is 12.1 Å². The van der Waals surface area contributed by atoms with Crippen molar-refractivity contribution in [1.82, 2.24) is 4.98 Å². The van der Waals surface area contributed by atoms with Gasteiger partial charge in [0.1, 0.15) is 17.3 Å². The quantitative estimate of drug-likeness (QED) is 0.836. The summed E-state index contributed by atoms with van der Waals surface area (Å²) in [4.78, 5) is 15.8. The van der Waals surface area contributed by atoms with E-state index in [-0.39, 0.29) is 21.5 Å². The second-order valence-corrected chi connectivity index (χ2v) is 4.34. The van der Waals surface area contributed by atoms with Gasteiger partial charge in [0.25, 0.3) is 0 Å². The average molecular weight is 312 g/mol. The van der Waals surface area contributed by atoms with Crippen LogP contribution in [0.4, 0.5) is 4.39 Å². The van der Waals surface area contributed by atoms with Gasteiger partial charge in [-0.05, 0) is 34.1 Å². The molecule has 2 N–H and O–H groups in total. The first-order valence-electron chi connectivity index (χ1n) is 4.87. The fourth-order valence-electron chi connectivity index (χ4n) is 1.42. The van der Waals surface area contributed by atoms with Crippen molar-refractivity contribution in [3.63, 3.8) is 0 Å². The van der Waals surface area contributed by atoms with E-state index in [0.29, 0.717) is 0 Å². The third-order valence-corrected chi connectivity index (χ3v) is 2.89. The number of benzene rings is 1. The number of phenols is 1. The van der Waals surface area contributed by atoms with Gasteiger partial charge in [-0.15, -0.1) is 0 Å². The fourth-order valence-corrected chi connectivity index (χ4v) is 1.76. The van der Waals surface area contributed by atoms with E-state index in [4.69, 9.17) is 0 Å². The summed E-state index contributed by atoms with van der Waals surface area (Å²) in [6.07, 6.45) is 1.34. The number of hydrogen-bond donors (Lipinski definition) is 2. The van der Waals surface area contributed by atoms with E-state index in [2.05, 4.69) is 20.9 Å². The Morgan fingerprint density at radius 2 is 2.00 bits per heavy atom. The van der Waals surface area contributed by atoms with Crippen molar-refractivity contribution in [2.75, 3.05) is 0 Å². The van der Waals surface area contributed by atoms with Crippen LogP contribution in [-0.2, 0) is 0 Å². The molecule has 0 fully saturated rings. The van der Waals surface area contributed by atoms with Crippen LogP contribution >= 0.6 is 15.9 Å². The third-order valence-electron chi connectivity index (χ3n) is 2.28. The lowest BCUT2D eigenvalue weighted by Gasteiger charge is -2.06. The Morgan fingerprint density at radius 3 is 2.67 bits per heavy atom. The van der Waals surface area contributed by atoms with Crippen molar-refractivity contribution in [3.8, 4) is 11.5 Å². The summed E-state index contributed by atoms with van der Waals surface area (Å²) in [5.74, 6) is -2.19. The van der Waals surface area contributed by atoms with Gasteiger partial charge in [-0.1, -0.05) is 0 Å². The number of rotatable bonds is 2. The third kappa shape index (κ3) is 2.19. The lowest BCUT2D eigenvalue weighted by molar-refractivity contribution is 0.102. The number of aromatic hydroxyl groups is 2. The molecule has 0 amide bonds. The van der Waals surface area contributed by atoms with Crippen molar-refractivity contribution >= 4 is 21.7 Å². The Morgan fingerprint density at radius 1 is 1.28 bits per heavy atom. The highest BCUT2D eigenvalue weighted by Gasteiger charge is 2.20. The number of hydrogen-bond acceptors (Lipinski definition) is 4. The monoisotopic (exact) mass is 311 g/mol. The molecule has 0 saturated carbocycles. The number of aromatic nitrogens is 1. The zero-order chi connectivity index (χ0) is 13.3. The Kier molecular flexibility index (Phi) is 3.29. The zero-order valence-electron chi connectivity index (χ0n) is 8.89. The number of phenolic OH excluding ortho intramolecular Hbond substituents is 1. The minimum Gasteiger partial charge on any atom is -0.507 e. The summed E-state index contributed by atoms with van der Waals surface area (Å²) in [7, 11) is 0. The molecule has 0 aliphatic heterocycles. The van der Waals surface area contributed by atoms with Gasteiger partial charge in [-0.25, -0.2) is 9.37 Å². The highest BCUT2D eigenvalue weighted by atomic mass is 79.9. The van der Waals surface area contributed by atoms with Gasteiger partial charge in [0.15, 0.2) is 5.69 Å². The van der Waals surface area contributed by atoms with Gasteiger partial charge in [-0.3, -0.25) is 4.79 Å². The van der Waals surface area contributed by atoms with Crippen LogP contribution in [0, 0.1) is 5.82 Å². The van der Waals surface area contributed by atoms with Crippen LogP contribution in [0.25, 0.3) is 0 Å². The van der Waals surface area contributed by atoms with Crippen molar-refractivity contribution in [3.05, 3.63) is 52.0 Å². The molecule has 92 valence electrons. The van der Waals surface area contributed by atoms with E-state index in [1.165, 1.54) is 18.3 Å². The largest absolute Gasteiger partial charge is 0.507 e. The molecule has 1 aromatic carbocycles. The number of halogens is 2. The Balaban J connectivity index is 2.53. The molecule has 0 atom stereocenters. The van der Waals surface area contributed by atoms with E-state index in [1.54, 1.807) is 0 Å². The summed E-state index contributed by atoms with van der Waals surface area (Å²) in [5, 5.41) is 19.1. The van der Waals surface area contributed by atoms with Gasteiger partial charge in [0.2, 0.25) is 5.78 Å². The number of carbonyl (C=O) groups excluding carboxylic acids is 1. The second kappa shape index (κ2) is 4.73. The number of carbonyl (C=O) groups is 1. The first kappa shape index (κ1) is 12.5. The Bertz CT molecular complexity index is 631. The Hall–Kier alpha value is -1.95. The molecule has 0 bridgehead atoms.